The molecule has 0 aliphatic carbocycles. The Morgan fingerprint density at radius 3 is 1.95 bits per heavy atom. The number of sulfonamides is 1. The topological polar surface area (TPSA) is 134 Å². The fraction of sp³-hybridized carbons (Fsp3) is 0.536. The van der Waals surface area contributed by atoms with E-state index in [9.17, 15) is 18.3 Å². The predicted molar refractivity (Wildman–Crippen MR) is 151 cm³/mol. The molecule has 1 fully saturated rings. The normalized spacial score (nSPS) is 14.7. The summed E-state index contributed by atoms with van der Waals surface area (Å²) in [6, 6.07) is 12.5. The first-order valence-electron chi connectivity index (χ1n) is 13.5. The Morgan fingerprint density at radius 1 is 0.923 bits per heavy atom. The minimum Gasteiger partial charge on any atom is -0.480 e. The van der Waals surface area contributed by atoms with E-state index in [1.165, 1.54) is 69.2 Å². The molecule has 9 nitrogen and oxygen atoms in total. The number of unbranched alkanes of at least 4 members (excludes halogenated alkanes) is 7. The minimum atomic E-state index is -4.02. The van der Waals surface area contributed by atoms with Gasteiger partial charge in [0, 0.05) is 37.6 Å². The molecule has 0 aromatic heterocycles. The average Bonchev–Trinajstić information content (AvgIpc) is 2.92. The number of hydroxylamine groups is 1. The molecule has 0 bridgehead atoms. The van der Waals surface area contributed by atoms with Crippen LogP contribution in [0.4, 0.5) is 0 Å². The average molecular weight is 585 g/mol. The standard InChI is InChI=1S/C18H18ClNO6S.C10H23NO/c19-13-1-3-14(4-2-13)26-15-5-7-16(8-6-15)27(23,24)20-18(17(21)22)9-11-25-12-10-18;1-2-3-4-5-6-7-8-9-10-11-12/h1-8,20H,9-12H2,(H,21,22);11-12H,2-10H2,1H3. The van der Waals surface area contributed by atoms with Gasteiger partial charge in [0.15, 0.2) is 0 Å². The molecule has 1 saturated heterocycles. The second-order valence-electron chi connectivity index (χ2n) is 9.52. The number of hydrogen-bond donors (Lipinski definition) is 4. The number of carbonyl (C=O) groups is 1. The summed E-state index contributed by atoms with van der Waals surface area (Å²) in [6.07, 6.45) is 10.7. The van der Waals surface area contributed by atoms with Gasteiger partial charge in [0.1, 0.15) is 17.0 Å². The highest BCUT2D eigenvalue weighted by molar-refractivity contribution is 7.89. The summed E-state index contributed by atoms with van der Waals surface area (Å²) < 4.78 is 38.4. The Bertz CT molecular complexity index is 1060. The van der Waals surface area contributed by atoms with Crippen molar-refractivity contribution in [3.63, 3.8) is 0 Å². The van der Waals surface area contributed by atoms with Crippen LogP contribution in [0.25, 0.3) is 0 Å². The highest BCUT2D eigenvalue weighted by Gasteiger charge is 2.43. The van der Waals surface area contributed by atoms with Crippen LogP contribution in [-0.4, -0.2) is 50.0 Å². The first-order valence-corrected chi connectivity index (χ1v) is 15.3. The molecule has 218 valence electrons. The minimum absolute atomic E-state index is 0.0435. The zero-order chi connectivity index (χ0) is 28.6. The molecule has 11 heteroatoms. The fourth-order valence-electron chi connectivity index (χ4n) is 4.06. The van der Waals surface area contributed by atoms with E-state index in [1.54, 1.807) is 24.3 Å². The van der Waals surface area contributed by atoms with Gasteiger partial charge in [-0.05, 0) is 55.0 Å². The number of benzene rings is 2. The number of rotatable bonds is 15. The van der Waals surface area contributed by atoms with Gasteiger partial charge in [0.2, 0.25) is 10.0 Å². The maximum atomic E-state index is 12.6. The lowest BCUT2D eigenvalue weighted by atomic mass is 9.92. The van der Waals surface area contributed by atoms with Gasteiger partial charge in [-0.1, -0.05) is 63.5 Å². The van der Waals surface area contributed by atoms with Crippen LogP contribution in [0.3, 0.4) is 0 Å². The quantitative estimate of drug-likeness (QED) is 0.145. The summed E-state index contributed by atoms with van der Waals surface area (Å²) in [5.74, 6) is -0.215. The zero-order valence-electron chi connectivity index (χ0n) is 22.5. The van der Waals surface area contributed by atoms with Crippen LogP contribution in [-0.2, 0) is 19.6 Å². The monoisotopic (exact) mass is 584 g/mol. The largest absolute Gasteiger partial charge is 0.480 e. The second kappa shape index (κ2) is 17.5. The summed E-state index contributed by atoms with van der Waals surface area (Å²) >= 11 is 5.82. The molecule has 4 N–H and O–H groups in total. The van der Waals surface area contributed by atoms with Crippen LogP contribution >= 0.6 is 11.6 Å². The van der Waals surface area contributed by atoms with Crippen molar-refractivity contribution in [1.29, 1.82) is 0 Å². The van der Waals surface area contributed by atoms with E-state index in [1.807, 2.05) is 0 Å². The summed E-state index contributed by atoms with van der Waals surface area (Å²) in [4.78, 5) is 11.6. The third-order valence-corrected chi connectivity index (χ3v) is 8.22. The van der Waals surface area contributed by atoms with Gasteiger partial charge in [0.25, 0.3) is 0 Å². The van der Waals surface area contributed by atoms with Gasteiger partial charge in [-0.2, -0.15) is 4.72 Å². The van der Waals surface area contributed by atoms with Crippen molar-refractivity contribution in [2.75, 3.05) is 19.8 Å². The Morgan fingerprint density at radius 2 is 1.44 bits per heavy atom. The molecule has 0 radical (unpaired) electrons. The molecule has 1 aliphatic heterocycles. The Hall–Kier alpha value is -2.21. The van der Waals surface area contributed by atoms with Gasteiger partial charge in [-0.3, -0.25) is 4.79 Å². The lowest BCUT2D eigenvalue weighted by Crippen LogP contribution is -2.57. The van der Waals surface area contributed by atoms with E-state index in [2.05, 4.69) is 17.1 Å². The number of aliphatic carboxylic acids is 1. The maximum Gasteiger partial charge on any atom is 0.325 e. The third-order valence-electron chi connectivity index (χ3n) is 6.41. The smallest absolute Gasteiger partial charge is 0.325 e. The molecule has 0 atom stereocenters. The van der Waals surface area contributed by atoms with Crippen LogP contribution in [0.15, 0.2) is 53.4 Å². The maximum absolute atomic E-state index is 12.6. The van der Waals surface area contributed by atoms with Crippen molar-refractivity contribution >= 4 is 27.6 Å². The Labute approximate surface area is 236 Å². The van der Waals surface area contributed by atoms with E-state index in [-0.39, 0.29) is 31.0 Å². The number of nitrogens with one attached hydrogen (secondary N) is 2. The van der Waals surface area contributed by atoms with Crippen LogP contribution in [0.1, 0.15) is 71.1 Å². The summed E-state index contributed by atoms with van der Waals surface area (Å²) in [5, 5.41) is 18.4. The molecule has 2 aromatic rings. The predicted octanol–water partition coefficient (Wildman–Crippen LogP) is 6.15. The van der Waals surface area contributed by atoms with Crippen molar-refractivity contribution in [1.82, 2.24) is 10.2 Å². The van der Waals surface area contributed by atoms with Crippen molar-refractivity contribution in [2.45, 2.75) is 81.6 Å². The molecule has 0 saturated carbocycles. The van der Waals surface area contributed by atoms with E-state index in [0.29, 0.717) is 16.5 Å². The second-order valence-corrected chi connectivity index (χ2v) is 11.6. The summed E-state index contributed by atoms with van der Waals surface area (Å²) in [7, 11) is -4.02. The molecule has 2 aromatic carbocycles. The van der Waals surface area contributed by atoms with Gasteiger partial charge in [-0.25, -0.2) is 13.9 Å². The number of hydrogen-bond acceptors (Lipinski definition) is 7. The molecule has 1 heterocycles. The first-order chi connectivity index (χ1) is 18.7. The van der Waals surface area contributed by atoms with Crippen molar-refractivity contribution in [3.8, 4) is 11.5 Å². The van der Waals surface area contributed by atoms with Gasteiger partial charge in [-0.15, -0.1) is 0 Å². The highest BCUT2D eigenvalue weighted by Crippen LogP contribution is 2.27. The van der Waals surface area contributed by atoms with Crippen LogP contribution in [0.2, 0.25) is 5.02 Å². The van der Waals surface area contributed by atoms with Crippen LogP contribution in [0, 0.1) is 0 Å². The van der Waals surface area contributed by atoms with E-state index in [0.717, 1.165) is 13.0 Å². The Balaban J connectivity index is 0.000000377. The molecule has 1 aliphatic rings. The SMILES string of the molecule is CCCCCCCCCCNO.O=C(O)C1(NS(=O)(=O)c2ccc(Oc3ccc(Cl)cc3)cc2)CCOCC1. The fourth-order valence-corrected chi connectivity index (χ4v) is 5.60. The van der Waals surface area contributed by atoms with Crippen molar-refractivity contribution in [2.24, 2.45) is 0 Å². The number of carboxylic acids is 1. The number of ether oxygens (including phenoxy) is 2. The first kappa shape index (κ1) is 33.0. The van der Waals surface area contributed by atoms with E-state index in [4.69, 9.17) is 26.3 Å². The number of carboxylic acid groups (broad SMARTS) is 1. The van der Waals surface area contributed by atoms with E-state index >= 15 is 0 Å². The summed E-state index contributed by atoms with van der Waals surface area (Å²) in [6.45, 7) is 3.35. The molecular weight excluding hydrogens is 544 g/mol. The van der Waals surface area contributed by atoms with Crippen molar-refractivity contribution in [3.05, 3.63) is 53.6 Å². The van der Waals surface area contributed by atoms with Crippen molar-refractivity contribution < 1.29 is 33.0 Å². The molecular formula is C28H41ClN2O7S. The highest BCUT2D eigenvalue weighted by atomic mass is 35.5. The number of halogens is 1. The van der Waals surface area contributed by atoms with Gasteiger partial charge < -0.3 is 19.8 Å². The molecule has 0 unspecified atom stereocenters. The molecule has 0 amide bonds. The zero-order valence-corrected chi connectivity index (χ0v) is 24.1. The molecule has 0 spiro atoms. The molecule has 39 heavy (non-hydrogen) atoms. The van der Waals surface area contributed by atoms with Crippen LogP contribution in [0.5, 0.6) is 11.5 Å². The third kappa shape index (κ3) is 11.8. The van der Waals surface area contributed by atoms with Crippen LogP contribution < -0.4 is 14.9 Å². The lowest BCUT2D eigenvalue weighted by Gasteiger charge is -2.33. The summed E-state index contributed by atoms with van der Waals surface area (Å²) in [5.41, 5.74) is 0.619. The van der Waals surface area contributed by atoms with Gasteiger partial charge in [0.05, 0.1) is 4.90 Å². The lowest BCUT2D eigenvalue weighted by molar-refractivity contribution is -0.147. The molecule has 3 rings (SSSR count). The Kier molecular flexibility index (Phi) is 14.8. The van der Waals surface area contributed by atoms with E-state index < -0.39 is 21.5 Å². The van der Waals surface area contributed by atoms with Gasteiger partial charge >= 0.3 is 5.97 Å².